The molecule has 0 heterocycles. The summed E-state index contributed by atoms with van der Waals surface area (Å²) < 4.78 is 0. The maximum atomic E-state index is 5.87. The lowest BCUT2D eigenvalue weighted by molar-refractivity contribution is 0.145. The third-order valence-corrected chi connectivity index (χ3v) is 4.80. The molecule has 1 aliphatic carbocycles. The van der Waals surface area contributed by atoms with Gasteiger partial charge in [0.05, 0.1) is 6.04 Å². The SMILES string of the molecule is CC(C)c1ccc(C(NN)C2(C)CCCCC2)cc1. The van der Waals surface area contributed by atoms with Crippen LogP contribution < -0.4 is 11.3 Å². The fourth-order valence-electron chi connectivity index (χ4n) is 3.42. The average Bonchev–Trinajstić information content (AvgIpc) is 2.40. The van der Waals surface area contributed by atoms with E-state index < -0.39 is 0 Å². The first-order chi connectivity index (χ1) is 9.07. The van der Waals surface area contributed by atoms with Crippen molar-refractivity contribution in [3.8, 4) is 0 Å². The van der Waals surface area contributed by atoms with Gasteiger partial charge < -0.3 is 0 Å². The van der Waals surface area contributed by atoms with Gasteiger partial charge >= 0.3 is 0 Å². The molecule has 0 spiro atoms. The minimum absolute atomic E-state index is 0.272. The van der Waals surface area contributed by atoms with Crippen molar-refractivity contribution < 1.29 is 0 Å². The van der Waals surface area contributed by atoms with Crippen molar-refractivity contribution in [1.82, 2.24) is 5.43 Å². The summed E-state index contributed by atoms with van der Waals surface area (Å²) in [5.41, 5.74) is 6.10. The van der Waals surface area contributed by atoms with Crippen LogP contribution in [0.15, 0.2) is 24.3 Å². The van der Waals surface area contributed by atoms with E-state index in [0.717, 1.165) is 0 Å². The Morgan fingerprint density at radius 1 is 1.00 bits per heavy atom. The molecule has 3 N–H and O–H groups in total. The smallest absolute Gasteiger partial charge is 0.0513 e. The maximum Gasteiger partial charge on any atom is 0.0513 e. The number of hydrogen-bond donors (Lipinski definition) is 2. The Hall–Kier alpha value is -0.860. The third-order valence-electron chi connectivity index (χ3n) is 4.80. The van der Waals surface area contributed by atoms with Gasteiger partial charge in [-0.25, -0.2) is 0 Å². The fraction of sp³-hybridized carbons (Fsp3) is 0.647. The lowest BCUT2D eigenvalue weighted by Crippen LogP contribution is -2.41. The minimum Gasteiger partial charge on any atom is -0.271 e. The van der Waals surface area contributed by atoms with Gasteiger partial charge in [-0.2, -0.15) is 0 Å². The molecule has 1 fully saturated rings. The summed E-state index contributed by atoms with van der Waals surface area (Å²) in [6.07, 6.45) is 6.58. The van der Waals surface area contributed by atoms with Crippen molar-refractivity contribution >= 4 is 0 Å². The van der Waals surface area contributed by atoms with Gasteiger partial charge in [0.2, 0.25) is 0 Å². The van der Waals surface area contributed by atoms with Crippen LogP contribution in [-0.4, -0.2) is 0 Å². The van der Waals surface area contributed by atoms with E-state index in [2.05, 4.69) is 50.5 Å². The number of nitrogens with two attached hydrogens (primary N) is 1. The molecule has 0 bridgehead atoms. The van der Waals surface area contributed by atoms with E-state index >= 15 is 0 Å². The summed E-state index contributed by atoms with van der Waals surface area (Å²) in [5, 5.41) is 0. The van der Waals surface area contributed by atoms with Crippen molar-refractivity contribution in [3.63, 3.8) is 0 Å². The van der Waals surface area contributed by atoms with Gasteiger partial charge in [-0.05, 0) is 35.3 Å². The van der Waals surface area contributed by atoms with Gasteiger partial charge in [0.15, 0.2) is 0 Å². The Morgan fingerprint density at radius 2 is 1.53 bits per heavy atom. The Balaban J connectivity index is 2.21. The van der Waals surface area contributed by atoms with E-state index in [1.807, 2.05) is 0 Å². The van der Waals surface area contributed by atoms with E-state index in [-0.39, 0.29) is 6.04 Å². The zero-order valence-corrected chi connectivity index (χ0v) is 12.6. The molecule has 1 saturated carbocycles. The van der Waals surface area contributed by atoms with Crippen LogP contribution in [0.2, 0.25) is 0 Å². The molecule has 1 unspecified atom stereocenters. The van der Waals surface area contributed by atoms with E-state index in [9.17, 15) is 0 Å². The molecule has 0 saturated heterocycles. The van der Waals surface area contributed by atoms with Crippen LogP contribution in [0.3, 0.4) is 0 Å². The second-order valence-corrected chi connectivity index (χ2v) is 6.64. The zero-order valence-electron chi connectivity index (χ0n) is 12.6. The van der Waals surface area contributed by atoms with Crippen LogP contribution in [0.1, 0.15) is 76.0 Å². The molecule has 0 aliphatic heterocycles. The summed E-state index contributed by atoms with van der Waals surface area (Å²) in [6.45, 7) is 6.85. The number of rotatable bonds is 4. The molecule has 1 atom stereocenters. The number of hydrazine groups is 1. The quantitative estimate of drug-likeness (QED) is 0.626. The average molecular weight is 260 g/mol. The van der Waals surface area contributed by atoms with Crippen LogP contribution in [0.4, 0.5) is 0 Å². The highest BCUT2D eigenvalue weighted by Gasteiger charge is 2.35. The number of benzene rings is 1. The molecule has 0 aromatic heterocycles. The highest BCUT2D eigenvalue weighted by molar-refractivity contribution is 5.28. The van der Waals surface area contributed by atoms with Gasteiger partial charge in [0.25, 0.3) is 0 Å². The van der Waals surface area contributed by atoms with Gasteiger partial charge in [0.1, 0.15) is 0 Å². The minimum atomic E-state index is 0.272. The Kier molecular flexibility index (Phi) is 4.64. The highest BCUT2D eigenvalue weighted by Crippen LogP contribution is 2.45. The van der Waals surface area contributed by atoms with Gasteiger partial charge in [-0.3, -0.25) is 11.3 Å². The second-order valence-electron chi connectivity index (χ2n) is 6.64. The summed E-state index contributed by atoms with van der Waals surface area (Å²) >= 11 is 0. The van der Waals surface area contributed by atoms with Gasteiger partial charge in [0, 0.05) is 0 Å². The predicted molar refractivity (Wildman–Crippen MR) is 81.8 cm³/mol. The molecule has 2 nitrogen and oxygen atoms in total. The van der Waals surface area contributed by atoms with E-state index in [4.69, 9.17) is 5.84 Å². The Labute approximate surface area is 117 Å². The monoisotopic (exact) mass is 260 g/mol. The normalized spacial score (nSPS) is 20.5. The largest absolute Gasteiger partial charge is 0.271 e. The van der Waals surface area contributed by atoms with Gasteiger partial charge in [-0.1, -0.05) is 64.3 Å². The van der Waals surface area contributed by atoms with Crippen LogP contribution in [0, 0.1) is 5.41 Å². The van der Waals surface area contributed by atoms with Crippen molar-refractivity contribution in [1.29, 1.82) is 0 Å². The summed E-state index contributed by atoms with van der Waals surface area (Å²) in [4.78, 5) is 0. The number of hydrogen-bond acceptors (Lipinski definition) is 2. The molecule has 1 aliphatic rings. The van der Waals surface area contributed by atoms with Crippen molar-refractivity contribution in [2.24, 2.45) is 11.3 Å². The van der Waals surface area contributed by atoms with E-state index in [1.165, 1.54) is 43.2 Å². The Morgan fingerprint density at radius 3 is 2.00 bits per heavy atom. The molecule has 19 heavy (non-hydrogen) atoms. The molecular formula is C17H28N2. The lowest BCUT2D eigenvalue weighted by atomic mass is 9.69. The molecule has 1 aromatic carbocycles. The maximum absolute atomic E-state index is 5.87. The first-order valence-corrected chi connectivity index (χ1v) is 7.63. The molecular weight excluding hydrogens is 232 g/mol. The summed E-state index contributed by atoms with van der Waals surface area (Å²) in [5.74, 6) is 6.46. The molecule has 2 heteroatoms. The van der Waals surface area contributed by atoms with Crippen LogP contribution in [0.25, 0.3) is 0 Å². The lowest BCUT2D eigenvalue weighted by Gasteiger charge is -2.40. The molecule has 1 aromatic rings. The van der Waals surface area contributed by atoms with Gasteiger partial charge in [-0.15, -0.1) is 0 Å². The first-order valence-electron chi connectivity index (χ1n) is 7.63. The summed E-state index contributed by atoms with van der Waals surface area (Å²) in [7, 11) is 0. The highest BCUT2D eigenvalue weighted by atomic mass is 15.2. The van der Waals surface area contributed by atoms with E-state index in [1.54, 1.807) is 0 Å². The molecule has 0 amide bonds. The molecule has 0 radical (unpaired) electrons. The predicted octanol–water partition coefficient (Wildman–Crippen LogP) is 4.28. The van der Waals surface area contributed by atoms with Crippen molar-refractivity contribution in [3.05, 3.63) is 35.4 Å². The fourth-order valence-corrected chi connectivity index (χ4v) is 3.42. The van der Waals surface area contributed by atoms with Crippen LogP contribution in [0.5, 0.6) is 0 Å². The van der Waals surface area contributed by atoms with Crippen LogP contribution >= 0.6 is 0 Å². The van der Waals surface area contributed by atoms with E-state index in [0.29, 0.717) is 11.3 Å². The number of nitrogens with one attached hydrogen (secondary N) is 1. The molecule has 2 rings (SSSR count). The summed E-state index contributed by atoms with van der Waals surface area (Å²) in [6, 6.07) is 9.26. The topological polar surface area (TPSA) is 38.0 Å². The molecule has 106 valence electrons. The standard InChI is InChI=1S/C17H28N2/c1-13(2)14-7-9-15(10-8-14)16(19-18)17(3)11-5-4-6-12-17/h7-10,13,16,19H,4-6,11-12,18H2,1-3H3. The van der Waals surface area contributed by atoms with Crippen molar-refractivity contribution in [2.75, 3.05) is 0 Å². The second kappa shape index (κ2) is 6.06. The Bertz CT molecular complexity index is 388. The van der Waals surface area contributed by atoms with Crippen LogP contribution in [-0.2, 0) is 0 Å². The zero-order chi connectivity index (χ0) is 13.9. The van der Waals surface area contributed by atoms with Crippen molar-refractivity contribution in [2.45, 2.75) is 64.8 Å². The first kappa shape index (κ1) is 14.5. The third kappa shape index (κ3) is 3.18.